The third kappa shape index (κ3) is 25.1. The van der Waals surface area contributed by atoms with Crippen LogP contribution in [0.1, 0.15) is 155 Å². The molecule has 42 heavy (non-hydrogen) atoms. The van der Waals surface area contributed by atoms with Gasteiger partial charge < -0.3 is 25.7 Å². The topological polar surface area (TPSA) is 110 Å². The van der Waals surface area contributed by atoms with Gasteiger partial charge in [-0.15, -0.1) is 0 Å². The number of carbonyl (C=O) groups is 1. The summed E-state index contributed by atoms with van der Waals surface area (Å²) in [5.74, 6) is -0.602. The Hall–Kier alpha value is -1.47. The van der Waals surface area contributed by atoms with Gasteiger partial charge >= 0.3 is 0 Å². The van der Waals surface area contributed by atoms with Gasteiger partial charge in [-0.3, -0.25) is 4.79 Å². The Bertz CT molecular complexity index is 678. The molecule has 5 N–H and O–H groups in total. The number of carbonyl (C=O) groups excluding carboxylic acids is 1. The van der Waals surface area contributed by atoms with Crippen molar-refractivity contribution >= 4 is 5.91 Å². The van der Waals surface area contributed by atoms with Crippen LogP contribution in [0.4, 0.5) is 0 Å². The van der Waals surface area contributed by atoms with Crippen LogP contribution < -0.4 is 5.32 Å². The first kappa shape index (κ1) is 40.5. The van der Waals surface area contributed by atoms with E-state index < -0.39 is 36.9 Å². The van der Waals surface area contributed by atoms with E-state index in [1.54, 1.807) is 0 Å². The number of aliphatic hydroxyl groups is 4. The smallest absolute Gasteiger partial charge is 0.249 e. The van der Waals surface area contributed by atoms with E-state index in [0.717, 1.165) is 51.4 Å². The predicted octanol–water partition coefficient (Wildman–Crippen LogP) is 7.84. The second-order valence-corrected chi connectivity index (χ2v) is 11.8. The van der Waals surface area contributed by atoms with Gasteiger partial charge in [-0.2, -0.15) is 0 Å². The van der Waals surface area contributed by atoms with E-state index in [1.807, 2.05) is 0 Å². The molecule has 4 atom stereocenters. The van der Waals surface area contributed by atoms with Crippen LogP contribution in [-0.2, 0) is 4.79 Å². The Kier molecular flexibility index (Phi) is 29.9. The quantitative estimate of drug-likeness (QED) is 0.0431. The van der Waals surface area contributed by atoms with Crippen LogP contribution in [0.5, 0.6) is 0 Å². The van der Waals surface area contributed by atoms with E-state index in [2.05, 4.69) is 55.6 Å². The van der Waals surface area contributed by atoms with Crippen LogP contribution >= 0.6 is 0 Å². The summed E-state index contributed by atoms with van der Waals surface area (Å²) >= 11 is 0. The number of allylic oxidation sites excluding steroid dienone is 6. The van der Waals surface area contributed by atoms with Crippen LogP contribution in [0, 0.1) is 0 Å². The van der Waals surface area contributed by atoms with Crippen LogP contribution in [-0.4, -0.2) is 57.3 Å². The average Bonchev–Trinajstić information content (AvgIpc) is 2.99. The van der Waals surface area contributed by atoms with Gasteiger partial charge in [0.25, 0.3) is 0 Å². The maximum absolute atomic E-state index is 12.4. The summed E-state index contributed by atoms with van der Waals surface area (Å²) < 4.78 is 0. The van der Waals surface area contributed by atoms with Crippen molar-refractivity contribution in [3.05, 3.63) is 36.5 Å². The van der Waals surface area contributed by atoms with Crippen molar-refractivity contribution in [2.24, 2.45) is 0 Å². The molecular weight excluding hydrogens is 526 g/mol. The second kappa shape index (κ2) is 31.0. The molecule has 0 saturated carbocycles. The highest BCUT2D eigenvalue weighted by atomic mass is 16.3. The zero-order valence-electron chi connectivity index (χ0n) is 27.2. The highest BCUT2D eigenvalue weighted by molar-refractivity contribution is 5.80. The lowest BCUT2D eigenvalue weighted by Crippen LogP contribution is -2.53. The van der Waals surface area contributed by atoms with Crippen LogP contribution in [0.2, 0.25) is 0 Å². The largest absolute Gasteiger partial charge is 0.394 e. The van der Waals surface area contributed by atoms with Crippen molar-refractivity contribution in [2.45, 2.75) is 179 Å². The SMILES string of the molecule is CC/C=C\C/C=C\CCCCCCCCCCCCCCCC(O)C(=O)NC(CO)C(O)C(O)CCC/C=C/CCC. The summed E-state index contributed by atoms with van der Waals surface area (Å²) in [6.45, 7) is 3.79. The Morgan fingerprint density at radius 3 is 1.69 bits per heavy atom. The van der Waals surface area contributed by atoms with Gasteiger partial charge in [0, 0.05) is 0 Å². The molecule has 0 aliphatic heterocycles. The van der Waals surface area contributed by atoms with E-state index >= 15 is 0 Å². The van der Waals surface area contributed by atoms with E-state index in [9.17, 15) is 25.2 Å². The van der Waals surface area contributed by atoms with E-state index in [0.29, 0.717) is 19.3 Å². The van der Waals surface area contributed by atoms with Crippen molar-refractivity contribution in [1.29, 1.82) is 0 Å². The fourth-order valence-corrected chi connectivity index (χ4v) is 5.04. The van der Waals surface area contributed by atoms with E-state index in [1.165, 1.54) is 70.6 Å². The Labute approximate surface area is 258 Å². The molecule has 0 fully saturated rings. The molecule has 0 aromatic heterocycles. The van der Waals surface area contributed by atoms with Gasteiger partial charge in [0.2, 0.25) is 5.91 Å². The molecule has 0 aromatic rings. The number of nitrogens with one attached hydrogen (secondary N) is 1. The summed E-state index contributed by atoms with van der Waals surface area (Å²) in [5, 5.41) is 43.0. The molecular formula is C36H67NO5. The maximum Gasteiger partial charge on any atom is 0.249 e. The average molecular weight is 594 g/mol. The molecule has 0 heterocycles. The molecule has 0 radical (unpaired) electrons. The molecule has 0 bridgehead atoms. The molecule has 0 aliphatic rings. The minimum Gasteiger partial charge on any atom is -0.394 e. The number of rotatable bonds is 30. The highest BCUT2D eigenvalue weighted by Crippen LogP contribution is 2.15. The normalized spacial score (nSPS) is 15.1. The molecule has 0 saturated heterocycles. The lowest BCUT2D eigenvalue weighted by Gasteiger charge is -2.27. The molecule has 0 aromatic carbocycles. The summed E-state index contributed by atoms with van der Waals surface area (Å²) in [7, 11) is 0. The van der Waals surface area contributed by atoms with E-state index in [4.69, 9.17) is 0 Å². The van der Waals surface area contributed by atoms with Gasteiger partial charge in [-0.25, -0.2) is 0 Å². The first-order valence-corrected chi connectivity index (χ1v) is 17.4. The summed E-state index contributed by atoms with van der Waals surface area (Å²) in [5.41, 5.74) is 0. The molecule has 6 heteroatoms. The fraction of sp³-hybridized carbons (Fsp3) is 0.806. The van der Waals surface area contributed by atoms with Crippen molar-refractivity contribution in [2.75, 3.05) is 6.61 Å². The molecule has 1 amide bonds. The van der Waals surface area contributed by atoms with Crippen molar-refractivity contribution < 1.29 is 25.2 Å². The van der Waals surface area contributed by atoms with Gasteiger partial charge in [0.15, 0.2) is 0 Å². The Balaban J connectivity index is 3.72. The van der Waals surface area contributed by atoms with Crippen molar-refractivity contribution in [1.82, 2.24) is 5.32 Å². The molecule has 0 rings (SSSR count). The van der Waals surface area contributed by atoms with Crippen LogP contribution in [0.25, 0.3) is 0 Å². The summed E-state index contributed by atoms with van der Waals surface area (Å²) in [4.78, 5) is 12.4. The minimum atomic E-state index is -1.28. The van der Waals surface area contributed by atoms with Crippen LogP contribution in [0.15, 0.2) is 36.5 Å². The van der Waals surface area contributed by atoms with Crippen LogP contribution in [0.3, 0.4) is 0 Å². The third-order valence-corrected chi connectivity index (χ3v) is 7.82. The molecule has 0 aliphatic carbocycles. The van der Waals surface area contributed by atoms with Crippen molar-refractivity contribution in [3.63, 3.8) is 0 Å². The van der Waals surface area contributed by atoms with Gasteiger partial charge in [0.05, 0.1) is 18.8 Å². The lowest BCUT2D eigenvalue weighted by atomic mass is 10.00. The fourth-order valence-electron chi connectivity index (χ4n) is 5.04. The number of hydrogen-bond acceptors (Lipinski definition) is 5. The predicted molar refractivity (Wildman–Crippen MR) is 177 cm³/mol. The van der Waals surface area contributed by atoms with Gasteiger partial charge in [0.1, 0.15) is 12.2 Å². The zero-order valence-corrected chi connectivity index (χ0v) is 27.2. The summed E-state index contributed by atoms with van der Waals surface area (Å²) in [6.07, 6.45) is 33.5. The number of hydrogen-bond donors (Lipinski definition) is 5. The molecule has 0 spiro atoms. The first-order valence-electron chi connectivity index (χ1n) is 17.4. The van der Waals surface area contributed by atoms with Crippen molar-refractivity contribution in [3.8, 4) is 0 Å². The third-order valence-electron chi connectivity index (χ3n) is 7.82. The Morgan fingerprint density at radius 1 is 0.619 bits per heavy atom. The molecule has 6 nitrogen and oxygen atoms in total. The lowest BCUT2D eigenvalue weighted by molar-refractivity contribution is -0.132. The number of amides is 1. The molecule has 4 unspecified atom stereocenters. The first-order chi connectivity index (χ1) is 20.5. The van der Waals surface area contributed by atoms with Gasteiger partial charge in [-0.05, 0) is 57.8 Å². The number of unbranched alkanes of at least 4 members (excludes halogenated alkanes) is 15. The van der Waals surface area contributed by atoms with Gasteiger partial charge in [-0.1, -0.05) is 134 Å². The molecule has 246 valence electrons. The summed E-state index contributed by atoms with van der Waals surface area (Å²) in [6, 6.07) is -0.997. The Morgan fingerprint density at radius 2 is 1.12 bits per heavy atom. The monoisotopic (exact) mass is 594 g/mol. The van der Waals surface area contributed by atoms with E-state index in [-0.39, 0.29) is 0 Å². The second-order valence-electron chi connectivity index (χ2n) is 11.8. The standard InChI is InChI=1S/C36H67NO5/c1-3-5-7-9-11-12-13-14-15-16-17-18-19-20-21-22-23-24-26-28-30-34(40)36(42)37-32(31-38)35(41)33(39)29-27-25-10-8-6-4-2/h5,7-8,10-12,32-35,38-41H,3-4,6,9,13-31H2,1-2H3,(H,37,42)/b7-5-,10-8+,12-11-. The maximum atomic E-state index is 12.4. The highest BCUT2D eigenvalue weighted by Gasteiger charge is 2.28. The zero-order chi connectivity index (χ0) is 31.1. The number of aliphatic hydroxyl groups excluding tert-OH is 4. The minimum absolute atomic E-state index is 0.360.